The maximum atomic E-state index is 5.84. The number of nitrogens with two attached hydrogens (primary N) is 2. The van der Waals surface area contributed by atoms with Crippen molar-refractivity contribution in [3.05, 3.63) is 47.2 Å². The number of fused-ring (bicyclic) bond motifs is 1. The molecule has 0 fully saturated rings. The Kier molecular flexibility index (Phi) is 3.02. The van der Waals surface area contributed by atoms with Crippen LogP contribution in [0.2, 0.25) is 0 Å². The Hall–Kier alpha value is -2.56. The zero-order valence-corrected chi connectivity index (χ0v) is 11.4. The highest BCUT2D eigenvalue weighted by Gasteiger charge is 2.07. The number of aryl methyl sites for hydroxylation is 3. The summed E-state index contributed by atoms with van der Waals surface area (Å²) >= 11 is 0. The van der Waals surface area contributed by atoms with E-state index in [2.05, 4.69) is 46.1 Å². The quantitative estimate of drug-likeness (QED) is 0.678. The molecule has 2 heterocycles. The molecule has 0 atom stereocenters. The summed E-state index contributed by atoms with van der Waals surface area (Å²) in [6.45, 7) is 2.09. The van der Waals surface area contributed by atoms with E-state index in [1.807, 2.05) is 6.07 Å². The average Bonchev–Trinajstić information content (AvgIpc) is 2.81. The van der Waals surface area contributed by atoms with Crippen LogP contribution in [0.4, 0.5) is 11.8 Å². The summed E-state index contributed by atoms with van der Waals surface area (Å²) in [5.74, 6) is 0.618. The average molecular weight is 267 g/mol. The Morgan fingerprint density at radius 1 is 1.05 bits per heavy atom. The van der Waals surface area contributed by atoms with Gasteiger partial charge < -0.3 is 16.5 Å². The minimum atomic E-state index is 0.196. The second-order valence-corrected chi connectivity index (χ2v) is 5.01. The van der Waals surface area contributed by atoms with Crippen molar-refractivity contribution in [2.24, 2.45) is 0 Å². The molecule has 0 spiro atoms. The fraction of sp³-hybridized carbons (Fsp3) is 0.200. The van der Waals surface area contributed by atoms with Gasteiger partial charge in [-0.1, -0.05) is 29.8 Å². The lowest BCUT2D eigenvalue weighted by Crippen LogP contribution is -1.99. The summed E-state index contributed by atoms with van der Waals surface area (Å²) in [6, 6.07) is 10.6. The zero-order chi connectivity index (χ0) is 14.1. The summed E-state index contributed by atoms with van der Waals surface area (Å²) in [6.07, 6.45) is 1.87. The van der Waals surface area contributed by atoms with Crippen molar-refractivity contribution >= 4 is 22.8 Å². The molecule has 20 heavy (non-hydrogen) atoms. The van der Waals surface area contributed by atoms with Crippen LogP contribution in [-0.4, -0.2) is 15.0 Å². The Balaban J connectivity index is 1.81. The first-order chi connectivity index (χ1) is 9.61. The van der Waals surface area contributed by atoms with Crippen molar-refractivity contribution in [3.8, 4) is 0 Å². The van der Waals surface area contributed by atoms with Crippen molar-refractivity contribution in [1.82, 2.24) is 15.0 Å². The number of aromatic nitrogens is 3. The molecule has 0 aliphatic carbocycles. The molecule has 0 saturated heterocycles. The molecule has 3 aromatic rings. The number of H-pyrrole nitrogens is 1. The van der Waals surface area contributed by atoms with Crippen LogP contribution in [0.1, 0.15) is 16.8 Å². The lowest BCUT2D eigenvalue weighted by atomic mass is 10.1. The van der Waals surface area contributed by atoms with E-state index >= 15 is 0 Å². The number of nitrogen functional groups attached to an aromatic ring is 2. The van der Waals surface area contributed by atoms with E-state index in [0.29, 0.717) is 11.5 Å². The summed E-state index contributed by atoms with van der Waals surface area (Å²) in [5.41, 5.74) is 15.8. The third-order valence-corrected chi connectivity index (χ3v) is 3.39. The molecule has 1 aromatic carbocycles. The van der Waals surface area contributed by atoms with Crippen LogP contribution in [0.25, 0.3) is 11.0 Å². The normalized spacial score (nSPS) is 11.1. The molecule has 0 unspecified atom stereocenters. The number of hydrogen-bond donors (Lipinski definition) is 3. The fourth-order valence-electron chi connectivity index (χ4n) is 2.27. The Morgan fingerprint density at radius 2 is 1.80 bits per heavy atom. The molecule has 0 bridgehead atoms. The van der Waals surface area contributed by atoms with Crippen molar-refractivity contribution < 1.29 is 0 Å². The largest absolute Gasteiger partial charge is 0.383 e. The number of nitrogens with one attached hydrogen (secondary N) is 1. The second-order valence-electron chi connectivity index (χ2n) is 5.01. The minimum absolute atomic E-state index is 0.196. The highest BCUT2D eigenvalue weighted by molar-refractivity contribution is 5.87. The molecule has 102 valence electrons. The van der Waals surface area contributed by atoms with Gasteiger partial charge in [0.2, 0.25) is 5.95 Å². The summed E-state index contributed by atoms with van der Waals surface area (Å²) in [5, 5.41) is 0.832. The minimum Gasteiger partial charge on any atom is -0.383 e. The molecule has 0 radical (unpaired) electrons. The van der Waals surface area contributed by atoms with E-state index < -0.39 is 0 Å². The molecule has 0 aliphatic rings. The lowest BCUT2D eigenvalue weighted by Gasteiger charge is -2.00. The third kappa shape index (κ3) is 2.42. The highest BCUT2D eigenvalue weighted by atomic mass is 15.1. The van der Waals surface area contributed by atoms with Crippen LogP contribution in [-0.2, 0) is 12.8 Å². The topological polar surface area (TPSA) is 93.6 Å². The van der Waals surface area contributed by atoms with Crippen molar-refractivity contribution in [3.63, 3.8) is 0 Å². The molecule has 0 saturated carbocycles. The molecule has 5 heteroatoms. The number of nitrogens with zero attached hydrogens (tertiary/aromatic N) is 2. The monoisotopic (exact) mass is 267 g/mol. The summed E-state index contributed by atoms with van der Waals surface area (Å²) in [4.78, 5) is 11.4. The van der Waals surface area contributed by atoms with E-state index in [9.17, 15) is 0 Å². The van der Waals surface area contributed by atoms with E-state index in [-0.39, 0.29) is 5.95 Å². The molecule has 0 aliphatic heterocycles. The van der Waals surface area contributed by atoms with Gasteiger partial charge in [0.15, 0.2) is 0 Å². The van der Waals surface area contributed by atoms with Crippen LogP contribution in [0.15, 0.2) is 30.3 Å². The van der Waals surface area contributed by atoms with Gasteiger partial charge in [-0.3, -0.25) is 0 Å². The smallest absolute Gasteiger partial charge is 0.223 e. The van der Waals surface area contributed by atoms with Crippen molar-refractivity contribution in [2.75, 3.05) is 11.5 Å². The van der Waals surface area contributed by atoms with Crippen LogP contribution in [0.3, 0.4) is 0 Å². The van der Waals surface area contributed by atoms with Crippen molar-refractivity contribution in [2.45, 2.75) is 19.8 Å². The van der Waals surface area contributed by atoms with Gasteiger partial charge in [0.05, 0.1) is 5.39 Å². The number of rotatable bonds is 3. The highest BCUT2D eigenvalue weighted by Crippen LogP contribution is 2.20. The van der Waals surface area contributed by atoms with Gasteiger partial charge in [-0.2, -0.15) is 9.97 Å². The molecule has 2 aromatic heterocycles. The second kappa shape index (κ2) is 4.85. The summed E-state index contributed by atoms with van der Waals surface area (Å²) < 4.78 is 0. The Labute approximate surface area is 117 Å². The predicted octanol–water partition coefficient (Wildman–Crippen LogP) is 2.22. The van der Waals surface area contributed by atoms with Crippen LogP contribution < -0.4 is 11.5 Å². The first-order valence-corrected chi connectivity index (χ1v) is 6.58. The zero-order valence-electron chi connectivity index (χ0n) is 11.4. The van der Waals surface area contributed by atoms with Crippen molar-refractivity contribution in [1.29, 1.82) is 0 Å². The SMILES string of the molecule is Cc1ccc(CCc2cc3c(N)nc(N)nc3[nH]2)cc1. The van der Waals surface area contributed by atoms with E-state index in [0.717, 1.165) is 23.9 Å². The van der Waals surface area contributed by atoms with E-state index in [1.165, 1.54) is 11.1 Å². The summed E-state index contributed by atoms with van der Waals surface area (Å²) in [7, 11) is 0. The van der Waals surface area contributed by atoms with Gasteiger partial charge in [0.1, 0.15) is 11.5 Å². The van der Waals surface area contributed by atoms with Gasteiger partial charge >= 0.3 is 0 Å². The number of anilines is 2. The Bertz CT molecular complexity index is 743. The predicted molar refractivity (Wildman–Crippen MR) is 81.3 cm³/mol. The van der Waals surface area contributed by atoms with E-state index in [4.69, 9.17) is 11.5 Å². The fourth-order valence-corrected chi connectivity index (χ4v) is 2.27. The molecule has 0 amide bonds. The molecule has 5 nitrogen and oxygen atoms in total. The van der Waals surface area contributed by atoms with Gasteiger partial charge in [-0.25, -0.2) is 0 Å². The number of hydrogen-bond acceptors (Lipinski definition) is 4. The Morgan fingerprint density at radius 3 is 2.55 bits per heavy atom. The molecular formula is C15H17N5. The number of aromatic amines is 1. The van der Waals surface area contributed by atoms with Crippen LogP contribution in [0.5, 0.6) is 0 Å². The first kappa shape index (κ1) is 12.5. The van der Waals surface area contributed by atoms with Gasteiger partial charge in [0.25, 0.3) is 0 Å². The molecule has 5 N–H and O–H groups in total. The number of benzene rings is 1. The molecular weight excluding hydrogens is 250 g/mol. The lowest BCUT2D eigenvalue weighted by molar-refractivity contribution is 0.927. The van der Waals surface area contributed by atoms with Gasteiger partial charge in [-0.15, -0.1) is 0 Å². The first-order valence-electron chi connectivity index (χ1n) is 6.58. The maximum Gasteiger partial charge on any atom is 0.223 e. The van der Waals surface area contributed by atoms with Crippen LogP contribution in [0, 0.1) is 6.92 Å². The van der Waals surface area contributed by atoms with Gasteiger partial charge in [0, 0.05) is 5.69 Å². The molecule has 3 rings (SSSR count). The maximum absolute atomic E-state index is 5.84. The third-order valence-electron chi connectivity index (χ3n) is 3.39. The van der Waals surface area contributed by atoms with E-state index in [1.54, 1.807) is 0 Å². The van der Waals surface area contributed by atoms with Gasteiger partial charge in [-0.05, 0) is 31.4 Å². The standard InChI is InChI=1S/C15H17N5/c1-9-2-4-10(5-3-9)6-7-11-8-12-13(16)19-15(17)20-14(12)18-11/h2-5,8H,6-7H2,1H3,(H5,16,17,18,19,20). The van der Waals surface area contributed by atoms with Crippen LogP contribution >= 0.6 is 0 Å².